The molecule has 1 N–H and O–H groups in total. The summed E-state index contributed by atoms with van der Waals surface area (Å²) in [5.41, 5.74) is 0. The number of nitrogens with zero attached hydrogens (tertiary/aromatic N) is 2. The number of rotatable bonds is 2. The standard InChI is InChI=1S/C13H22N2O3S/c1-3-10-6-4-5-7-14(10)13(18)15-9(2)19-8-11(15)12(16)17/h9-11H,3-8H2,1-2H3,(H,16,17). The fraction of sp³-hybridized carbons (Fsp3) is 0.846. The summed E-state index contributed by atoms with van der Waals surface area (Å²) in [6.45, 7) is 4.76. The zero-order valence-electron chi connectivity index (χ0n) is 11.5. The van der Waals surface area contributed by atoms with E-state index in [2.05, 4.69) is 6.92 Å². The van der Waals surface area contributed by atoms with Gasteiger partial charge in [0, 0.05) is 18.3 Å². The Morgan fingerprint density at radius 2 is 2.11 bits per heavy atom. The summed E-state index contributed by atoms with van der Waals surface area (Å²) in [5.74, 6) is -0.400. The van der Waals surface area contributed by atoms with Gasteiger partial charge >= 0.3 is 12.0 Å². The molecule has 0 aliphatic carbocycles. The highest BCUT2D eigenvalue weighted by atomic mass is 32.2. The molecule has 2 saturated heterocycles. The monoisotopic (exact) mass is 286 g/mol. The number of thioether (sulfide) groups is 1. The van der Waals surface area contributed by atoms with Crippen LogP contribution in [-0.4, -0.2) is 56.7 Å². The molecule has 2 rings (SSSR count). The second kappa shape index (κ2) is 6.03. The average molecular weight is 286 g/mol. The first-order valence-corrected chi connectivity index (χ1v) is 8.04. The van der Waals surface area contributed by atoms with Crippen molar-refractivity contribution in [2.75, 3.05) is 12.3 Å². The van der Waals surface area contributed by atoms with E-state index in [4.69, 9.17) is 0 Å². The van der Waals surface area contributed by atoms with Gasteiger partial charge in [0.05, 0.1) is 5.37 Å². The SMILES string of the molecule is CCC1CCCCN1C(=O)N1C(C)SCC1C(=O)O. The number of hydrogen-bond donors (Lipinski definition) is 1. The lowest BCUT2D eigenvalue weighted by Gasteiger charge is -2.39. The Balaban J connectivity index is 2.14. The van der Waals surface area contributed by atoms with Crippen molar-refractivity contribution < 1.29 is 14.7 Å². The van der Waals surface area contributed by atoms with Crippen molar-refractivity contribution >= 4 is 23.8 Å². The van der Waals surface area contributed by atoms with Gasteiger partial charge in [-0.15, -0.1) is 11.8 Å². The maximum absolute atomic E-state index is 12.7. The van der Waals surface area contributed by atoms with Gasteiger partial charge in [0.1, 0.15) is 6.04 Å². The summed E-state index contributed by atoms with van der Waals surface area (Å²) < 4.78 is 0. The number of piperidine rings is 1. The highest BCUT2D eigenvalue weighted by Crippen LogP contribution is 2.31. The van der Waals surface area contributed by atoms with Crippen molar-refractivity contribution in [3.05, 3.63) is 0 Å². The zero-order chi connectivity index (χ0) is 14.0. The van der Waals surface area contributed by atoms with Crippen molar-refractivity contribution in [3.63, 3.8) is 0 Å². The molecule has 0 aromatic carbocycles. The molecule has 3 unspecified atom stereocenters. The number of likely N-dealkylation sites (tertiary alicyclic amines) is 1. The third kappa shape index (κ3) is 2.83. The Kier molecular flexibility index (Phi) is 4.60. The first-order chi connectivity index (χ1) is 9.06. The molecular formula is C13H22N2O3S. The molecule has 19 heavy (non-hydrogen) atoms. The zero-order valence-corrected chi connectivity index (χ0v) is 12.4. The van der Waals surface area contributed by atoms with E-state index in [1.165, 1.54) is 0 Å². The van der Waals surface area contributed by atoms with E-state index in [1.807, 2.05) is 11.8 Å². The molecule has 0 saturated carbocycles. The van der Waals surface area contributed by atoms with Crippen molar-refractivity contribution in [1.29, 1.82) is 0 Å². The van der Waals surface area contributed by atoms with Crippen LogP contribution in [0.15, 0.2) is 0 Å². The number of urea groups is 1. The summed E-state index contributed by atoms with van der Waals surface area (Å²) in [5, 5.41) is 9.20. The number of carboxylic acids is 1. The second-order valence-electron chi connectivity index (χ2n) is 5.23. The number of carbonyl (C=O) groups excluding carboxylic acids is 1. The largest absolute Gasteiger partial charge is 0.480 e. The lowest BCUT2D eigenvalue weighted by Crippen LogP contribution is -2.55. The van der Waals surface area contributed by atoms with Crippen LogP contribution in [0.2, 0.25) is 0 Å². The van der Waals surface area contributed by atoms with Gasteiger partial charge in [-0.25, -0.2) is 9.59 Å². The number of carbonyl (C=O) groups is 2. The van der Waals surface area contributed by atoms with E-state index in [1.54, 1.807) is 16.7 Å². The van der Waals surface area contributed by atoms with Crippen molar-refractivity contribution in [2.45, 2.75) is 57.0 Å². The predicted molar refractivity (Wildman–Crippen MR) is 75.2 cm³/mol. The van der Waals surface area contributed by atoms with Gasteiger partial charge in [0.25, 0.3) is 0 Å². The van der Waals surface area contributed by atoms with Crippen molar-refractivity contribution in [3.8, 4) is 0 Å². The van der Waals surface area contributed by atoms with E-state index >= 15 is 0 Å². The van der Waals surface area contributed by atoms with Crippen LogP contribution in [0.1, 0.15) is 39.5 Å². The molecule has 3 atom stereocenters. The fourth-order valence-corrected chi connectivity index (χ4v) is 4.11. The Morgan fingerprint density at radius 1 is 1.37 bits per heavy atom. The Hall–Kier alpha value is -0.910. The van der Waals surface area contributed by atoms with Gasteiger partial charge in [-0.05, 0) is 32.6 Å². The maximum atomic E-state index is 12.7. The lowest BCUT2D eigenvalue weighted by molar-refractivity contribution is -0.141. The van der Waals surface area contributed by atoms with Crippen molar-refractivity contribution in [2.24, 2.45) is 0 Å². The Bertz CT molecular complexity index is 364. The van der Waals surface area contributed by atoms with Crippen LogP contribution in [0.3, 0.4) is 0 Å². The number of carboxylic acid groups (broad SMARTS) is 1. The summed E-state index contributed by atoms with van der Waals surface area (Å²) in [7, 11) is 0. The van der Waals surface area contributed by atoms with E-state index in [0.29, 0.717) is 5.75 Å². The van der Waals surface area contributed by atoms with E-state index in [0.717, 1.165) is 32.2 Å². The molecule has 0 radical (unpaired) electrons. The molecule has 2 aliphatic heterocycles. The predicted octanol–water partition coefficient (Wildman–Crippen LogP) is 2.22. The van der Waals surface area contributed by atoms with Gasteiger partial charge in [0.15, 0.2) is 0 Å². The number of aliphatic carboxylic acids is 1. The van der Waals surface area contributed by atoms with E-state index < -0.39 is 12.0 Å². The molecular weight excluding hydrogens is 264 g/mol. The Labute approximate surface area is 118 Å². The normalized spacial score (nSPS) is 31.6. The van der Waals surface area contributed by atoms with Crippen LogP contribution in [0.4, 0.5) is 4.79 Å². The summed E-state index contributed by atoms with van der Waals surface area (Å²) >= 11 is 1.54. The van der Waals surface area contributed by atoms with Gasteiger partial charge in [-0.3, -0.25) is 4.90 Å². The van der Waals surface area contributed by atoms with Crippen LogP contribution < -0.4 is 0 Å². The van der Waals surface area contributed by atoms with Crippen LogP contribution >= 0.6 is 11.8 Å². The molecule has 0 bridgehead atoms. The molecule has 108 valence electrons. The molecule has 0 aromatic heterocycles. The van der Waals surface area contributed by atoms with Gasteiger partial charge < -0.3 is 10.0 Å². The van der Waals surface area contributed by atoms with E-state index in [9.17, 15) is 14.7 Å². The minimum absolute atomic E-state index is 0.0481. The first-order valence-electron chi connectivity index (χ1n) is 6.99. The van der Waals surface area contributed by atoms with Crippen LogP contribution in [0.25, 0.3) is 0 Å². The van der Waals surface area contributed by atoms with E-state index in [-0.39, 0.29) is 17.4 Å². The highest BCUT2D eigenvalue weighted by Gasteiger charge is 2.42. The molecule has 6 heteroatoms. The van der Waals surface area contributed by atoms with Crippen molar-refractivity contribution in [1.82, 2.24) is 9.80 Å². The van der Waals surface area contributed by atoms with Crippen LogP contribution in [0.5, 0.6) is 0 Å². The topological polar surface area (TPSA) is 60.9 Å². The summed E-state index contributed by atoms with van der Waals surface area (Å²) in [6.07, 6.45) is 4.17. The quantitative estimate of drug-likeness (QED) is 0.845. The first kappa shape index (κ1) is 14.5. The molecule has 5 nitrogen and oxygen atoms in total. The molecule has 2 amide bonds. The van der Waals surface area contributed by atoms with Gasteiger partial charge in [0.2, 0.25) is 0 Å². The highest BCUT2D eigenvalue weighted by molar-refractivity contribution is 8.00. The van der Waals surface area contributed by atoms with Gasteiger partial charge in [-0.2, -0.15) is 0 Å². The fourth-order valence-electron chi connectivity index (χ4n) is 2.95. The smallest absolute Gasteiger partial charge is 0.327 e. The number of amides is 2. The molecule has 2 heterocycles. The molecule has 2 aliphatic rings. The van der Waals surface area contributed by atoms with Crippen LogP contribution in [0, 0.1) is 0 Å². The second-order valence-corrected chi connectivity index (χ2v) is 6.58. The van der Waals surface area contributed by atoms with Crippen LogP contribution in [-0.2, 0) is 4.79 Å². The molecule has 2 fully saturated rings. The Morgan fingerprint density at radius 3 is 2.74 bits per heavy atom. The molecule has 0 spiro atoms. The number of hydrogen-bond acceptors (Lipinski definition) is 3. The average Bonchev–Trinajstić information content (AvgIpc) is 2.80. The molecule has 0 aromatic rings. The minimum Gasteiger partial charge on any atom is -0.480 e. The third-order valence-electron chi connectivity index (χ3n) is 4.07. The summed E-state index contributed by atoms with van der Waals surface area (Å²) in [6, 6.07) is -0.489. The van der Waals surface area contributed by atoms with Gasteiger partial charge in [-0.1, -0.05) is 6.92 Å². The minimum atomic E-state index is -0.893. The maximum Gasteiger partial charge on any atom is 0.327 e. The third-order valence-corrected chi connectivity index (χ3v) is 5.29. The summed E-state index contributed by atoms with van der Waals surface area (Å²) in [4.78, 5) is 27.4. The lowest BCUT2D eigenvalue weighted by atomic mass is 10.0.